The summed E-state index contributed by atoms with van der Waals surface area (Å²) in [5.74, 6) is -2.76. The van der Waals surface area contributed by atoms with Crippen molar-refractivity contribution in [3.63, 3.8) is 0 Å². The zero-order valence-corrected chi connectivity index (χ0v) is 14.8. The molecule has 2 N–H and O–H groups in total. The van der Waals surface area contributed by atoms with E-state index in [-0.39, 0.29) is 24.2 Å². The Bertz CT molecular complexity index is 816. The monoisotopic (exact) mass is 376 g/mol. The maximum atomic E-state index is 12.4. The van der Waals surface area contributed by atoms with E-state index in [9.17, 15) is 29.6 Å². The van der Waals surface area contributed by atoms with Crippen molar-refractivity contribution in [3.05, 3.63) is 51.3 Å². The Kier molecular flexibility index (Phi) is 6.27. The van der Waals surface area contributed by atoms with E-state index < -0.39 is 34.4 Å². The molecule has 27 heavy (non-hydrogen) atoms. The Labute approximate surface area is 155 Å². The van der Waals surface area contributed by atoms with Crippen LogP contribution in [-0.2, 0) is 14.4 Å². The van der Waals surface area contributed by atoms with E-state index >= 15 is 0 Å². The first-order valence-corrected chi connectivity index (χ1v) is 8.45. The number of carbonyl (C=O) groups excluding carboxylic acids is 2. The molecule has 0 saturated heterocycles. The zero-order valence-electron chi connectivity index (χ0n) is 14.8. The number of carboxylic acids is 1. The predicted molar refractivity (Wildman–Crippen MR) is 94.0 cm³/mol. The van der Waals surface area contributed by atoms with Crippen molar-refractivity contribution in [2.45, 2.75) is 38.6 Å². The highest BCUT2D eigenvalue weighted by atomic mass is 16.6. The molecule has 0 fully saturated rings. The number of hydrogen-bond donors (Lipinski definition) is 2. The quantitative estimate of drug-likeness (QED) is 0.383. The molecule has 0 bridgehead atoms. The summed E-state index contributed by atoms with van der Waals surface area (Å²) in [5.41, 5.74) is 0.0824. The van der Waals surface area contributed by atoms with E-state index in [4.69, 9.17) is 5.11 Å². The molecule has 0 unspecified atom stereocenters. The van der Waals surface area contributed by atoms with Gasteiger partial charge >= 0.3 is 5.97 Å². The summed E-state index contributed by atoms with van der Waals surface area (Å²) in [6.45, 7) is 1.41. The second kappa shape index (κ2) is 8.43. The number of carboxylic acid groups (broad SMARTS) is 1. The summed E-state index contributed by atoms with van der Waals surface area (Å²) < 4.78 is 0. The van der Waals surface area contributed by atoms with Gasteiger partial charge < -0.3 is 15.1 Å². The average molecular weight is 376 g/mol. The molecular formula is C18H20N2O7. The highest BCUT2D eigenvalue weighted by Gasteiger charge is 2.42. The summed E-state index contributed by atoms with van der Waals surface area (Å²) in [7, 11) is 0. The Hall–Kier alpha value is -3.23. The van der Waals surface area contributed by atoms with Crippen molar-refractivity contribution in [2.75, 3.05) is 6.54 Å². The van der Waals surface area contributed by atoms with Crippen LogP contribution in [0.4, 0.5) is 5.69 Å². The average Bonchev–Trinajstić information content (AvgIpc) is 2.86. The molecule has 0 aromatic heterocycles. The third kappa shape index (κ3) is 4.49. The van der Waals surface area contributed by atoms with Crippen molar-refractivity contribution in [1.29, 1.82) is 0 Å². The van der Waals surface area contributed by atoms with Crippen LogP contribution in [0.25, 0.3) is 0 Å². The second-order valence-corrected chi connectivity index (χ2v) is 6.28. The van der Waals surface area contributed by atoms with E-state index in [0.717, 1.165) is 0 Å². The highest BCUT2D eigenvalue weighted by Crippen LogP contribution is 2.38. The number of Topliss-reactive ketones (excluding diaryl/α,β-unsaturated/α-hetero) is 1. The Balaban J connectivity index is 2.28. The van der Waals surface area contributed by atoms with Crippen LogP contribution < -0.4 is 0 Å². The van der Waals surface area contributed by atoms with Gasteiger partial charge in [0.15, 0.2) is 11.5 Å². The molecule has 1 aliphatic heterocycles. The van der Waals surface area contributed by atoms with Crippen LogP contribution in [0.2, 0.25) is 0 Å². The fraction of sp³-hybridized carbons (Fsp3) is 0.389. The number of rotatable bonds is 9. The van der Waals surface area contributed by atoms with Gasteiger partial charge in [-0.1, -0.05) is 18.6 Å². The molecule has 9 heteroatoms. The summed E-state index contributed by atoms with van der Waals surface area (Å²) in [6, 6.07) is 4.68. The minimum Gasteiger partial charge on any atom is -0.503 e. The lowest BCUT2D eigenvalue weighted by Gasteiger charge is -2.26. The van der Waals surface area contributed by atoms with Crippen LogP contribution in [0.15, 0.2) is 35.6 Å². The number of hydrogen-bond acceptors (Lipinski definition) is 6. The molecule has 2 rings (SSSR count). The van der Waals surface area contributed by atoms with Gasteiger partial charge in [-0.2, -0.15) is 0 Å². The second-order valence-electron chi connectivity index (χ2n) is 6.28. The van der Waals surface area contributed by atoms with Gasteiger partial charge in [-0.05, 0) is 25.3 Å². The van der Waals surface area contributed by atoms with Gasteiger partial charge in [0.2, 0.25) is 0 Å². The Morgan fingerprint density at radius 1 is 1.26 bits per heavy atom. The molecular weight excluding hydrogens is 356 g/mol. The number of amides is 1. The molecule has 1 aliphatic rings. The molecule has 1 amide bonds. The molecule has 144 valence electrons. The number of carbonyl (C=O) groups is 3. The standard InChI is InChI=1S/C18H20N2O7/c1-11(21)15-16(12-6-5-7-13(10-12)20(26)27)19(18(25)17(15)24)9-4-2-3-8-14(22)23/h5-7,10,16,24H,2-4,8-9H2,1H3,(H,22,23)/t16-/m1/s1. The molecule has 1 aromatic carbocycles. The molecule has 9 nitrogen and oxygen atoms in total. The topological polar surface area (TPSA) is 138 Å². The summed E-state index contributed by atoms with van der Waals surface area (Å²) in [6.07, 6.45) is 1.49. The molecule has 1 aromatic rings. The molecule has 0 spiro atoms. The number of nitro groups is 1. The molecule has 0 aliphatic carbocycles. The lowest BCUT2D eigenvalue weighted by Crippen LogP contribution is -2.32. The van der Waals surface area contributed by atoms with E-state index in [1.54, 1.807) is 6.07 Å². The van der Waals surface area contributed by atoms with Crippen LogP contribution >= 0.6 is 0 Å². The van der Waals surface area contributed by atoms with Crippen LogP contribution in [0.3, 0.4) is 0 Å². The van der Waals surface area contributed by atoms with Crippen molar-refractivity contribution in [3.8, 4) is 0 Å². The third-order valence-corrected chi connectivity index (χ3v) is 4.37. The number of unbranched alkanes of at least 4 members (excludes halogenated alkanes) is 2. The van der Waals surface area contributed by atoms with Gasteiger partial charge in [-0.3, -0.25) is 24.5 Å². The predicted octanol–water partition coefficient (Wildman–Crippen LogP) is 2.52. The third-order valence-electron chi connectivity index (χ3n) is 4.37. The summed E-state index contributed by atoms with van der Waals surface area (Å²) in [5, 5.41) is 29.8. The number of benzene rings is 1. The first kappa shape index (κ1) is 20.1. The maximum Gasteiger partial charge on any atom is 0.303 e. The molecule has 1 atom stereocenters. The summed E-state index contributed by atoms with van der Waals surface area (Å²) >= 11 is 0. The number of nitrogens with zero attached hydrogens (tertiary/aromatic N) is 2. The Morgan fingerprint density at radius 3 is 2.56 bits per heavy atom. The molecule has 0 radical (unpaired) electrons. The van der Waals surface area contributed by atoms with Crippen LogP contribution in [0.1, 0.15) is 44.2 Å². The fourth-order valence-electron chi connectivity index (χ4n) is 3.13. The number of aliphatic hydroxyl groups is 1. The van der Waals surface area contributed by atoms with Crippen molar-refractivity contribution < 1.29 is 29.5 Å². The van der Waals surface area contributed by atoms with Crippen molar-refractivity contribution in [1.82, 2.24) is 4.90 Å². The normalized spacial score (nSPS) is 16.7. The Morgan fingerprint density at radius 2 is 1.96 bits per heavy atom. The number of aliphatic hydroxyl groups excluding tert-OH is 1. The lowest BCUT2D eigenvalue weighted by atomic mass is 9.96. The number of ketones is 1. The fourth-order valence-corrected chi connectivity index (χ4v) is 3.13. The van der Waals surface area contributed by atoms with Gasteiger partial charge in [0.05, 0.1) is 16.5 Å². The van der Waals surface area contributed by atoms with Gasteiger partial charge in [-0.25, -0.2) is 0 Å². The van der Waals surface area contributed by atoms with Crippen molar-refractivity contribution in [2.24, 2.45) is 0 Å². The zero-order chi connectivity index (χ0) is 20.1. The van der Waals surface area contributed by atoms with E-state index in [2.05, 4.69) is 0 Å². The van der Waals surface area contributed by atoms with E-state index in [0.29, 0.717) is 24.8 Å². The minimum atomic E-state index is -0.908. The van der Waals surface area contributed by atoms with E-state index in [1.807, 2.05) is 0 Å². The number of non-ortho nitro benzene ring substituents is 1. The van der Waals surface area contributed by atoms with Crippen LogP contribution in [0, 0.1) is 10.1 Å². The van der Waals surface area contributed by atoms with Crippen LogP contribution in [-0.4, -0.2) is 44.2 Å². The van der Waals surface area contributed by atoms with Crippen molar-refractivity contribution >= 4 is 23.3 Å². The molecule has 0 saturated carbocycles. The largest absolute Gasteiger partial charge is 0.503 e. The molecule has 1 heterocycles. The van der Waals surface area contributed by atoms with Gasteiger partial charge in [0, 0.05) is 25.1 Å². The SMILES string of the molecule is CC(=O)C1=C(O)C(=O)N(CCCCCC(=O)O)[C@@H]1c1cccc([N+](=O)[O-])c1. The lowest BCUT2D eigenvalue weighted by molar-refractivity contribution is -0.384. The minimum absolute atomic E-state index is 0.0183. The van der Waals surface area contributed by atoms with Gasteiger partial charge in [0.1, 0.15) is 0 Å². The highest BCUT2D eigenvalue weighted by molar-refractivity contribution is 6.08. The van der Waals surface area contributed by atoms with Crippen LogP contribution in [0.5, 0.6) is 0 Å². The maximum absolute atomic E-state index is 12.4. The van der Waals surface area contributed by atoms with E-state index in [1.165, 1.54) is 30.0 Å². The first-order valence-electron chi connectivity index (χ1n) is 8.45. The van der Waals surface area contributed by atoms with Gasteiger partial charge in [0.25, 0.3) is 11.6 Å². The smallest absolute Gasteiger partial charge is 0.303 e. The summed E-state index contributed by atoms with van der Waals surface area (Å²) in [4.78, 5) is 46.8. The number of nitro benzene ring substituents is 1. The number of aliphatic carboxylic acids is 1. The van der Waals surface area contributed by atoms with Gasteiger partial charge in [-0.15, -0.1) is 0 Å². The first-order chi connectivity index (χ1) is 12.7.